The first-order chi connectivity index (χ1) is 8.04. The standard InChI is InChI=1S/C13H21N3O/c1-9(2)7-11(8-14)13(17)16-12-10(3)5-4-6-15-12/h4-6,9,11H,7-8,14H2,1-3H3,(H,15,16,17). The zero-order valence-electron chi connectivity index (χ0n) is 10.7. The molecule has 3 N–H and O–H groups in total. The molecule has 0 bridgehead atoms. The highest BCUT2D eigenvalue weighted by molar-refractivity contribution is 5.92. The van der Waals surface area contributed by atoms with Crippen LogP contribution >= 0.6 is 0 Å². The molecule has 0 aromatic carbocycles. The molecule has 0 aliphatic heterocycles. The van der Waals surface area contributed by atoms with Gasteiger partial charge in [0.2, 0.25) is 5.91 Å². The highest BCUT2D eigenvalue weighted by atomic mass is 16.1. The number of hydrogen-bond acceptors (Lipinski definition) is 3. The molecule has 1 aromatic rings. The Balaban J connectivity index is 2.67. The zero-order valence-corrected chi connectivity index (χ0v) is 10.7. The molecule has 0 aliphatic rings. The Morgan fingerprint density at radius 1 is 1.53 bits per heavy atom. The van der Waals surface area contributed by atoms with Crippen molar-refractivity contribution in [2.75, 3.05) is 11.9 Å². The van der Waals surface area contributed by atoms with Crippen LogP contribution in [0.15, 0.2) is 18.3 Å². The number of carbonyl (C=O) groups is 1. The number of anilines is 1. The molecule has 1 amide bonds. The number of aryl methyl sites for hydroxylation is 1. The number of carbonyl (C=O) groups excluding carboxylic acids is 1. The van der Waals surface area contributed by atoms with Crippen molar-refractivity contribution in [3.63, 3.8) is 0 Å². The quantitative estimate of drug-likeness (QED) is 0.819. The molecule has 1 rings (SSSR count). The highest BCUT2D eigenvalue weighted by Gasteiger charge is 2.18. The van der Waals surface area contributed by atoms with Crippen LogP contribution in [-0.2, 0) is 4.79 Å². The van der Waals surface area contributed by atoms with Crippen LogP contribution in [0, 0.1) is 18.8 Å². The number of nitrogens with zero attached hydrogens (tertiary/aromatic N) is 1. The van der Waals surface area contributed by atoms with Gasteiger partial charge in [0.25, 0.3) is 0 Å². The minimum Gasteiger partial charge on any atom is -0.330 e. The van der Waals surface area contributed by atoms with Crippen molar-refractivity contribution < 1.29 is 4.79 Å². The van der Waals surface area contributed by atoms with Gasteiger partial charge in [-0.1, -0.05) is 19.9 Å². The van der Waals surface area contributed by atoms with E-state index in [1.54, 1.807) is 6.20 Å². The van der Waals surface area contributed by atoms with Gasteiger partial charge in [-0.2, -0.15) is 0 Å². The van der Waals surface area contributed by atoms with E-state index in [9.17, 15) is 4.79 Å². The maximum Gasteiger partial charge on any atom is 0.229 e. The predicted molar refractivity (Wildman–Crippen MR) is 69.6 cm³/mol. The van der Waals surface area contributed by atoms with Gasteiger partial charge < -0.3 is 11.1 Å². The molecule has 4 nitrogen and oxygen atoms in total. The minimum atomic E-state index is -0.142. The lowest BCUT2D eigenvalue weighted by Crippen LogP contribution is -2.30. The van der Waals surface area contributed by atoms with E-state index in [-0.39, 0.29) is 11.8 Å². The van der Waals surface area contributed by atoms with Crippen LogP contribution in [0.1, 0.15) is 25.8 Å². The first-order valence-corrected chi connectivity index (χ1v) is 5.97. The summed E-state index contributed by atoms with van der Waals surface area (Å²) in [6, 6.07) is 3.77. The number of hydrogen-bond donors (Lipinski definition) is 2. The smallest absolute Gasteiger partial charge is 0.229 e. The molecule has 1 aromatic heterocycles. The van der Waals surface area contributed by atoms with E-state index in [2.05, 4.69) is 24.1 Å². The first kappa shape index (κ1) is 13.6. The number of rotatable bonds is 5. The van der Waals surface area contributed by atoms with Crippen molar-refractivity contribution in [2.24, 2.45) is 17.6 Å². The summed E-state index contributed by atoms with van der Waals surface area (Å²) in [5, 5.41) is 2.84. The number of aromatic nitrogens is 1. The topological polar surface area (TPSA) is 68.0 Å². The van der Waals surface area contributed by atoms with Gasteiger partial charge in [-0.15, -0.1) is 0 Å². The Hall–Kier alpha value is -1.42. The summed E-state index contributed by atoms with van der Waals surface area (Å²) in [7, 11) is 0. The molecule has 1 heterocycles. The maximum atomic E-state index is 12.0. The fourth-order valence-corrected chi connectivity index (χ4v) is 1.71. The summed E-state index contributed by atoms with van der Waals surface area (Å²) in [5.41, 5.74) is 6.59. The molecule has 0 saturated carbocycles. The molecule has 17 heavy (non-hydrogen) atoms. The van der Waals surface area contributed by atoms with Gasteiger partial charge in [-0.05, 0) is 30.9 Å². The van der Waals surface area contributed by atoms with Gasteiger partial charge >= 0.3 is 0 Å². The van der Waals surface area contributed by atoms with Gasteiger partial charge in [-0.3, -0.25) is 4.79 Å². The molecule has 94 valence electrons. The zero-order chi connectivity index (χ0) is 12.8. The van der Waals surface area contributed by atoms with Crippen LogP contribution in [0.3, 0.4) is 0 Å². The summed E-state index contributed by atoms with van der Waals surface area (Å²) in [5.74, 6) is 0.901. The average Bonchev–Trinajstić information content (AvgIpc) is 2.28. The molecular weight excluding hydrogens is 214 g/mol. The van der Waals surface area contributed by atoms with Crippen molar-refractivity contribution in [3.8, 4) is 0 Å². The van der Waals surface area contributed by atoms with Crippen molar-refractivity contribution >= 4 is 11.7 Å². The SMILES string of the molecule is Cc1cccnc1NC(=O)C(CN)CC(C)C. The molecule has 4 heteroatoms. The van der Waals surface area contributed by atoms with E-state index in [1.807, 2.05) is 19.1 Å². The minimum absolute atomic E-state index is 0.0389. The van der Waals surface area contributed by atoms with Crippen LogP contribution < -0.4 is 11.1 Å². The van der Waals surface area contributed by atoms with Crippen LogP contribution in [0.5, 0.6) is 0 Å². The number of pyridine rings is 1. The number of nitrogens with one attached hydrogen (secondary N) is 1. The lowest BCUT2D eigenvalue weighted by Gasteiger charge is -2.17. The largest absolute Gasteiger partial charge is 0.330 e. The van der Waals surface area contributed by atoms with Crippen LogP contribution in [-0.4, -0.2) is 17.4 Å². The van der Waals surface area contributed by atoms with Gasteiger partial charge in [0.1, 0.15) is 5.82 Å². The van der Waals surface area contributed by atoms with Gasteiger partial charge in [0, 0.05) is 12.7 Å². The Labute approximate surface area is 103 Å². The van der Waals surface area contributed by atoms with Crippen LogP contribution in [0.4, 0.5) is 5.82 Å². The Morgan fingerprint density at radius 2 is 2.24 bits per heavy atom. The third-order valence-corrected chi connectivity index (χ3v) is 2.66. The number of nitrogens with two attached hydrogens (primary N) is 1. The number of amides is 1. The molecule has 0 aliphatic carbocycles. The van der Waals surface area contributed by atoms with Crippen molar-refractivity contribution in [1.29, 1.82) is 0 Å². The van der Waals surface area contributed by atoms with Crippen molar-refractivity contribution in [3.05, 3.63) is 23.9 Å². The van der Waals surface area contributed by atoms with Crippen molar-refractivity contribution in [1.82, 2.24) is 4.98 Å². The fourth-order valence-electron chi connectivity index (χ4n) is 1.71. The summed E-state index contributed by atoms with van der Waals surface area (Å²) < 4.78 is 0. The lowest BCUT2D eigenvalue weighted by molar-refractivity contribution is -0.120. The first-order valence-electron chi connectivity index (χ1n) is 5.97. The third-order valence-electron chi connectivity index (χ3n) is 2.66. The summed E-state index contributed by atoms with van der Waals surface area (Å²) >= 11 is 0. The highest BCUT2D eigenvalue weighted by Crippen LogP contribution is 2.15. The van der Waals surface area contributed by atoms with E-state index in [4.69, 9.17) is 5.73 Å². The van der Waals surface area contributed by atoms with Crippen LogP contribution in [0.2, 0.25) is 0 Å². The van der Waals surface area contributed by atoms with Gasteiger partial charge in [0.15, 0.2) is 0 Å². The molecule has 0 spiro atoms. The second-order valence-corrected chi connectivity index (χ2v) is 4.72. The molecule has 0 saturated heterocycles. The van der Waals surface area contributed by atoms with Gasteiger partial charge in [0.05, 0.1) is 5.92 Å². The Morgan fingerprint density at radius 3 is 2.76 bits per heavy atom. The average molecular weight is 235 g/mol. The lowest BCUT2D eigenvalue weighted by atomic mass is 9.96. The molecule has 1 atom stereocenters. The molecule has 1 unspecified atom stereocenters. The summed E-state index contributed by atoms with van der Waals surface area (Å²) in [4.78, 5) is 16.1. The fraction of sp³-hybridized carbons (Fsp3) is 0.538. The normalized spacial score (nSPS) is 12.5. The molecule has 0 radical (unpaired) electrons. The van der Waals surface area contributed by atoms with E-state index >= 15 is 0 Å². The third kappa shape index (κ3) is 4.15. The monoisotopic (exact) mass is 235 g/mol. The van der Waals surface area contributed by atoms with Crippen molar-refractivity contribution in [2.45, 2.75) is 27.2 Å². The molecular formula is C13H21N3O. The Bertz CT molecular complexity index is 377. The summed E-state index contributed by atoms with van der Waals surface area (Å²) in [6.07, 6.45) is 2.47. The van der Waals surface area contributed by atoms with E-state index in [0.717, 1.165) is 12.0 Å². The van der Waals surface area contributed by atoms with E-state index in [1.165, 1.54) is 0 Å². The molecule has 0 fully saturated rings. The van der Waals surface area contributed by atoms with Crippen LogP contribution in [0.25, 0.3) is 0 Å². The van der Waals surface area contributed by atoms with Gasteiger partial charge in [-0.25, -0.2) is 4.98 Å². The van der Waals surface area contributed by atoms with E-state index in [0.29, 0.717) is 18.3 Å². The predicted octanol–water partition coefficient (Wildman–Crippen LogP) is 1.95. The Kier molecular flexibility index (Phi) is 5.10. The van der Waals surface area contributed by atoms with E-state index < -0.39 is 0 Å². The second kappa shape index (κ2) is 6.35. The maximum absolute atomic E-state index is 12.0. The second-order valence-electron chi connectivity index (χ2n) is 4.72. The summed E-state index contributed by atoms with van der Waals surface area (Å²) in [6.45, 7) is 6.46.